The van der Waals surface area contributed by atoms with E-state index < -0.39 is 0 Å². The van der Waals surface area contributed by atoms with Crippen molar-refractivity contribution >= 4 is 24.4 Å². The maximum atomic E-state index is 4.34. The van der Waals surface area contributed by atoms with Crippen molar-refractivity contribution in [2.45, 2.75) is 25.4 Å². The minimum absolute atomic E-state index is 0.660. The van der Waals surface area contributed by atoms with E-state index in [0.29, 0.717) is 5.92 Å². The monoisotopic (exact) mass is 228 g/mol. The normalized spacial score (nSPS) is 12.8. The van der Waals surface area contributed by atoms with E-state index in [9.17, 15) is 0 Å². The van der Waals surface area contributed by atoms with Crippen molar-refractivity contribution in [1.82, 2.24) is 9.97 Å². The standard InChI is InChI=1S/C10H16N2S2/c1-3-9(6-13)7-14-10-11-5-4-8(2)12-10/h4-5,9,13H,3,6-7H2,1-2H3. The fourth-order valence-electron chi connectivity index (χ4n) is 0.987. The Bertz CT molecular complexity index is 275. The molecule has 78 valence electrons. The van der Waals surface area contributed by atoms with Crippen LogP contribution in [0.25, 0.3) is 0 Å². The van der Waals surface area contributed by atoms with Crippen LogP contribution in [0.1, 0.15) is 19.0 Å². The molecule has 1 aromatic rings. The number of thiol groups is 1. The maximum absolute atomic E-state index is 4.34. The number of hydrogen-bond acceptors (Lipinski definition) is 4. The van der Waals surface area contributed by atoms with Gasteiger partial charge in [-0.05, 0) is 24.7 Å². The van der Waals surface area contributed by atoms with E-state index in [4.69, 9.17) is 0 Å². The van der Waals surface area contributed by atoms with Gasteiger partial charge in [0.05, 0.1) is 0 Å². The van der Waals surface area contributed by atoms with Crippen LogP contribution in [-0.2, 0) is 0 Å². The first-order valence-electron chi connectivity index (χ1n) is 4.79. The topological polar surface area (TPSA) is 25.8 Å². The van der Waals surface area contributed by atoms with Gasteiger partial charge < -0.3 is 0 Å². The zero-order valence-electron chi connectivity index (χ0n) is 8.60. The van der Waals surface area contributed by atoms with Gasteiger partial charge in [0, 0.05) is 17.6 Å². The Morgan fingerprint density at radius 2 is 2.36 bits per heavy atom. The highest BCUT2D eigenvalue weighted by atomic mass is 32.2. The third kappa shape index (κ3) is 3.88. The fourth-order valence-corrected chi connectivity index (χ4v) is 2.63. The van der Waals surface area contributed by atoms with Gasteiger partial charge in [-0.25, -0.2) is 9.97 Å². The summed E-state index contributed by atoms with van der Waals surface area (Å²) < 4.78 is 0. The molecule has 14 heavy (non-hydrogen) atoms. The SMILES string of the molecule is CCC(CS)CSc1nccc(C)n1. The Labute approximate surface area is 95.3 Å². The van der Waals surface area contributed by atoms with Gasteiger partial charge in [-0.1, -0.05) is 25.1 Å². The molecule has 1 heterocycles. The van der Waals surface area contributed by atoms with Gasteiger partial charge in [-0.2, -0.15) is 12.6 Å². The smallest absolute Gasteiger partial charge is 0.187 e. The van der Waals surface area contributed by atoms with Crippen LogP contribution in [0.3, 0.4) is 0 Å². The molecule has 0 saturated heterocycles. The maximum Gasteiger partial charge on any atom is 0.187 e. The third-order valence-electron chi connectivity index (χ3n) is 2.06. The molecule has 1 rings (SSSR count). The summed E-state index contributed by atoms with van der Waals surface area (Å²) in [5.41, 5.74) is 1.03. The van der Waals surface area contributed by atoms with Crippen molar-refractivity contribution in [2.24, 2.45) is 5.92 Å². The Morgan fingerprint density at radius 1 is 1.57 bits per heavy atom. The molecular formula is C10H16N2S2. The lowest BCUT2D eigenvalue weighted by molar-refractivity contribution is 0.648. The molecule has 4 heteroatoms. The van der Waals surface area contributed by atoms with Crippen LogP contribution in [0.2, 0.25) is 0 Å². The minimum Gasteiger partial charge on any atom is -0.231 e. The molecule has 0 saturated carbocycles. The summed E-state index contributed by atoms with van der Waals surface area (Å²) in [4.78, 5) is 8.55. The summed E-state index contributed by atoms with van der Waals surface area (Å²) in [6.07, 6.45) is 2.98. The van der Waals surface area contributed by atoms with E-state index in [2.05, 4.69) is 29.5 Å². The van der Waals surface area contributed by atoms with Crippen LogP contribution < -0.4 is 0 Å². The van der Waals surface area contributed by atoms with E-state index >= 15 is 0 Å². The van der Waals surface area contributed by atoms with Gasteiger partial charge in [-0.15, -0.1) is 0 Å². The zero-order valence-corrected chi connectivity index (χ0v) is 10.3. The van der Waals surface area contributed by atoms with Crippen molar-refractivity contribution < 1.29 is 0 Å². The van der Waals surface area contributed by atoms with Crippen molar-refractivity contribution in [2.75, 3.05) is 11.5 Å². The molecule has 2 nitrogen and oxygen atoms in total. The number of aryl methyl sites for hydroxylation is 1. The van der Waals surface area contributed by atoms with E-state index in [0.717, 1.165) is 22.4 Å². The predicted octanol–water partition coefficient (Wildman–Crippen LogP) is 2.83. The van der Waals surface area contributed by atoms with Crippen LogP contribution in [0.5, 0.6) is 0 Å². The van der Waals surface area contributed by atoms with Crippen molar-refractivity contribution in [3.05, 3.63) is 18.0 Å². The van der Waals surface area contributed by atoms with Gasteiger partial charge in [0.2, 0.25) is 0 Å². The molecule has 0 bridgehead atoms. The van der Waals surface area contributed by atoms with E-state index in [1.165, 1.54) is 6.42 Å². The fraction of sp³-hybridized carbons (Fsp3) is 0.600. The highest BCUT2D eigenvalue weighted by molar-refractivity contribution is 7.99. The Hall–Kier alpha value is -0.220. The second-order valence-electron chi connectivity index (χ2n) is 3.25. The molecular weight excluding hydrogens is 212 g/mol. The Balaban J connectivity index is 2.44. The zero-order chi connectivity index (χ0) is 10.4. The van der Waals surface area contributed by atoms with Crippen molar-refractivity contribution in [3.63, 3.8) is 0 Å². The van der Waals surface area contributed by atoms with Gasteiger partial charge in [0.1, 0.15) is 0 Å². The van der Waals surface area contributed by atoms with Gasteiger partial charge >= 0.3 is 0 Å². The van der Waals surface area contributed by atoms with Gasteiger partial charge in [0.15, 0.2) is 5.16 Å². The lowest BCUT2D eigenvalue weighted by Crippen LogP contribution is -2.04. The second kappa shape index (κ2) is 6.30. The molecule has 0 radical (unpaired) electrons. The van der Waals surface area contributed by atoms with E-state index in [-0.39, 0.29) is 0 Å². The third-order valence-corrected chi connectivity index (χ3v) is 3.67. The summed E-state index contributed by atoms with van der Waals surface area (Å²) in [5, 5.41) is 0.880. The highest BCUT2D eigenvalue weighted by Crippen LogP contribution is 2.19. The lowest BCUT2D eigenvalue weighted by Gasteiger charge is -2.09. The van der Waals surface area contributed by atoms with Crippen molar-refractivity contribution in [1.29, 1.82) is 0 Å². The highest BCUT2D eigenvalue weighted by Gasteiger charge is 2.06. The summed E-state index contributed by atoms with van der Waals surface area (Å²) in [5.74, 6) is 2.66. The molecule has 0 amide bonds. The Morgan fingerprint density at radius 3 is 2.93 bits per heavy atom. The molecule has 1 atom stereocenters. The lowest BCUT2D eigenvalue weighted by atomic mass is 10.2. The van der Waals surface area contributed by atoms with Crippen molar-refractivity contribution in [3.8, 4) is 0 Å². The number of nitrogens with zero attached hydrogens (tertiary/aromatic N) is 2. The number of hydrogen-bond donors (Lipinski definition) is 1. The van der Waals surface area contributed by atoms with Crippen LogP contribution in [0.4, 0.5) is 0 Å². The molecule has 0 aliphatic heterocycles. The van der Waals surface area contributed by atoms with Gasteiger partial charge in [0.25, 0.3) is 0 Å². The summed E-state index contributed by atoms with van der Waals surface area (Å²) in [6, 6.07) is 1.92. The second-order valence-corrected chi connectivity index (χ2v) is 4.60. The Kier molecular flexibility index (Phi) is 5.33. The number of aromatic nitrogens is 2. The average Bonchev–Trinajstić information content (AvgIpc) is 2.19. The molecule has 0 N–H and O–H groups in total. The summed E-state index contributed by atoms with van der Waals surface area (Å²) in [7, 11) is 0. The summed E-state index contributed by atoms with van der Waals surface area (Å²) >= 11 is 6.03. The summed E-state index contributed by atoms with van der Waals surface area (Å²) in [6.45, 7) is 4.18. The molecule has 0 aliphatic carbocycles. The molecule has 0 fully saturated rings. The van der Waals surface area contributed by atoms with Gasteiger partial charge in [-0.3, -0.25) is 0 Å². The first-order chi connectivity index (χ1) is 6.76. The quantitative estimate of drug-likeness (QED) is 0.477. The predicted molar refractivity (Wildman–Crippen MR) is 65.1 cm³/mol. The molecule has 1 aromatic heterocycles. The molecule has 0 aromatic carbocycles. The van der Waals surface area contributed by atoms with Crippen LogP contribution >= 0.6 is 24.4 Å². The number of thioether (sulfide) groups is 1. The first-order valence-corrected chi connectivity index (χ1v) is 6.41. The van der Waals surface area contributed by atoms with Crippen LogP contribution in [-0.4, -0.2) is 21.5 Å². The number of rotatable bonds is 5. The van der Waals surface area contributed by atoms with Crippen LogP contribution in [0.15, 0.2) is 17.4 Å². The molecule has 0 aliphatic rings. The van der Waals surface area contributed by atoms with E-state index in [1.807, 2.05) is 19.2 Å². The largest absolute Gasteiger partial charge is 0.231 e. The molecule has 1 unspecified atom stereocenters. The van der Waals surface area contributed by atoms with E-state index in [1.54, 1.807) is 11.8 Å². The average molecular weight is 228 g/mol. The first kappa shape index (κ1) is 11.9. The minimum atomic E-state index is 0.660. The molecule has 0 spiro atoms. The van der Waals surface area contributed by atoms with Crippen LogP contribution in [0, 0.1) is 12.8 Å².